The van der Waals surface area contributed by atoms with Gasteiger partial charge in [0.15, 0.2) is 0 Å². The number of unbranched alkanes of at least 4 members (excludes halogenated alkanes) is 1. The average molecular weight is 240 g/mol. The van der Waals surface area contributed by atoms with Gasteiger partial charge in [-0.2, -0.15) is 6.08 Å². The molecule has 0 amide bonds. The maximum atomic E-state index is 3.16. The van der Waals surface area contributed by atoms with E-state index in [0.717, 1.165) is 6.42 Å². The summed E-state index contributed by atoms with van der Waals surface area (Å²) in [7, 11) is 0. The molecule has 0 aliphatic heterocycles. The van der Waals surface area contributed by atoms with Crippen LogP contribution in [0.3, 0.4) is 0 Å². The molecule has 0 fully saturated rings. The first-order valence-corrected chi connectivity index (χ1v) is 3.69. The summed E-state index contributed by atoms with van der Waals surface area (Å²) in [4.78, 5) is 0. The molecule has 0 heterocycles. The molecule has 0 bridgehead atoms. The first-order chi connectivity index (χ1) is 4.43. The van der Waals surface area contributed by atoms with E-state index in [1.807, 2.05) is 0 Å². The van der Waals surface area contributed by atoms with Crippen LogP contribution in [-0.4, -0.2) is 0 Å². The zero-order valence-corrected chi connectivity index (χ0v) is 10.3. The van der Waals surface area contributed by atoms with Crippen LogP contribution in [-0.2, 0) is 21.7 Å². The maximum Gasteiger partial charge on any atom is 3.00 e. The monoisotopic (exact) mass is 239 g/mol. The molecule has 3 heteroatoms. The Kier molecular flexibility index (Phi) is 18.2. The molecule has 1 aliphatic carbocycles. The predicted molar refractivity (Wildman–Crippen MR) is 40.0 cm³/mol. The normalized spacial score (nSPS) is 12.2. The Hall–Kier alpha value is 0.774. The van der Waals surface area contributed by atoms with Gasteiger partial charge in [-0.1, -0.05) is 26.2 Å². The van der Waals surface area contributed by atoms with Crippen molar-refractivity contribution in [2.24, 2.45) is 0 Å². The van der Waals surface area contributed by atoms with Crippen LogP contribution in [0.15, 0.2) is 17.7 Å². The fourth-order valence-corrected chi connectivity index (χ4v) is 0.994. The van der Waals surface area contributed by atoms with Crippen LogP contribution < -0.4 is 24.8 Å². The maximum absolute atomic E-state index is 3.16. The predicted octanol–water partition coefficient (Wildman–Crippen LogP) is -3.13. The minimum Gasteiger partial charge on any atom is -1.00 e. The summed E-state index contributed by atoms with van der Waals surface area (Å²) in [5.74, 6) is 0. The summed E-state index contributed by atoms with van der Waals surface area (Å²) in [5, 5.41) is 0. The Morgan fingerprint density at radius 2 is 2.08 bits per heavy atom. The zero-order valence-electron chi connectivity index (χ0n) is 7.24. The van der Waals surface area contributed by atoms with E-state index in [4.69, 9.17) is 0 Å². The number of allylic oxidation sites excluding steroid dienone is 4. The second-order valence-corrected chi connectivity index (χ2v) is 2.44. The molecule has 67 valence electrons. The van der Waals surface area contributed by atoms with Gasteiger partial charge in [0.2, 0.25) is 0 Å². The van der Waals surface area contributed by atoms with Crippen LogP contribution in [0.4, 0.5) is 0 Å². The third-order valence-electron chi connectivity index (χ3n) is 1.59. The minimum atomic E-state index is 0. The Labute approximate surface area is 103 Å². The quantitative estimate of drug-likeness (QED) is 0.361. The molecule has 0 aromatic heterocycles. The van der Waals surface area contributed by atoms with Crippen molar-refractivity contribution in [3.05, 3.63) is 23.8 Å². The van der Waals surface area contributed by atoms with Crippen molar-refractivity contribution in [1.29, 1.82) is 0 Å². The van der Waals surface area contributed by atoms with E-state index < -0.39 is 0 Å². The van der Waals surface area contributed by atoms with Crippen molar-refractivity contribution >= 4 is 0 Å². The van der Waals surface area contributed by atoms with Crippen molar-refractivity contribution in [1.82, 2.24) is 0 Å². The second-order valence-electron chi connectivity index (χ2n) is 2.44. The van der Waals surface area contributed by atoms with Crippen LogP contribution in [0.1, 0.15) is 32.6 Å². The first-order valence-electron chi connectivity index (χ1n) is 3.69. The van der Waals surface area contributed by atoms with Crippen molar-refractivity contribution in [2.45, 2.75) is 32.6 Å². The summed E-state index contributed by atoms with van der Waals surface area (Å²) in [6.45, 7) is 2.23. The molecule has 12 heavy (non-hydrogen) atoms. The zero-order chi connectivity index (χ0) is 6.53. The Balaban J connectivity index is -0.000000270. The fourth-order valence-electron chi connectivity index (χ4n) is 0.994. The summed E-state index contributed by atoms with van der Waals surface area (Å²) in [6, 6.07) is 0. The molecule has 1 rings (SSSR count). The minimum absolute atomic E-state index is 0. The van der Waals surface area contributed by atoms with E-state index in [2.05, 4.69) is 25.2 Å². The third kappa shape index (κ3) is 7.42. The number of hydrogen-bond acceptors (Lipinski definition) is 0. The average Bonchev–Trinajstić information content (AvgIpc) is 2.34. The molecule has 1 radical (unpaired) electrons. The van der Waals surface area contributed by atoms with E-state index in [-0.39, 0.29) is 46.5 Å². The largest absolute Gasteiger partial charge is 3.00 e. The van der Waals surface area contributed by atoms with Gasteiger partial charge >= 0.3 is 21.7 Å². The van der Waals surface area contributed by atoms with Gasteiger partial charge in [-0.05, 0) is 0 Å². The molecule has 0 saturated heterocycles. The Bertz CT molecular complexity index is 141. The van der Waals surface area contributed by atoms with Crippen LogP contribution in [0.25, 0.3) is 0 Å². The van der Waals surface area contributed by atoms with Crippen LogP contribution in [0.2, 0.25) is 0 Å². The second kappa shape index (κ2) is 11.8. The topological polar surface area (TPSA) is 0 Å². The molecule has 0 aromatic carbocycles. The van der Waals surface area contributed by atoms with E-state index in [1.54, 1.807) is 0 Å². The van der Waals surface area contributed by atoms with E-state index in [9.17, 15) is 0 Å². The van der Waals surface area contributed by atoms with Gasteiger partial charge in [-0.15, -0.1) is 6.42 Å². The van der Waals surface area contributed by atoms with Crippen molar-refractivity contribution in [3.63, 3.8) is 0 Å². The number of hydrogen-bond donors (Lipinski definition) is 0. The van der Waals surface area contributed by atoms with Gasteiger partial charge < -0.3 is 24.8 Å². The summed E-state index contributed by atoms with van der Waals surface area (Å²) in [5.41, 5.74) is 1.48. The summed E-state index contributed by atoms with van der Waals surface area (Å²) >= 11 is 0. The molecular formula is C9H13Cl2Ti. The summed E-state index contributed by atoms with van der Waals surface area (Å²) in [6.07, 6.45) is 12.5. The van der Waals surface area contributed by atoms with Crippen LogP contribution in [0.5, 0.6) is 0 Å². The van der Waals surface area contributed by atoms with Gasteiger partial charge in [0.1, 0.15) is 0 Å². The van der Waals surface area contributed by atoms with Crippen molar-refractivity contribution < 1.29 is 46.5 Å². The SMILES string of the molecule is CCCCC1=CC[C-]=C1.[Cl-].[Cl-].[Ti+3]. The van der Waals surface area contributed by atoms with Gasteiger partial charge in [0.25, 0.3) is 0 Å². The van der Waals surface area contributed by atoms with E-state index >= 15 is 0 Å². The molecule has 1 aliphatic rings. The number of rotatable bonds is 3. The van der Waals surface area contributed by atoms with Gasteiger partial charge in [0.05, 0.1) is 0 Å². The van der Waals surface area contributed by atoms with Crippen LogP contribution >= 0.6 is 0 Å². The van der Waals surface area contributed by atoms with Gasteiger partial charge in [0, 0.05) is 0 Å². The molecule has 0 saturated carbocycles. The van der Waals surface area contributed by atoms with Crippen molar-refractivity contribution in [3.8, 4) is 0 Å². The third-order valence-corrected chi connectivity index (χ3v) is 1.59. The molecule has 0 atom stereocenters. The summed E-state index contributed by atoms with van der Waals surface area (Å²) < 4.78 is 0. The van der Waals surface area contributed by atoms with E-state index in [0.29, 0.717) is 0 Å². The fraction of sp³-hybridized carbons (Fsp3) is 0.556. The number of halogens is 2. The molecular weight excluding hydrogens is 227 g/mol. The van der Waals surface area contributed by atoms with E-state index in [1.165, 1.54) is 24.8 Å². The molecule has 0 N–H and O–H groups in total. The van der Waals surface area contributed by atoms with Crippen LogP contribution in [0, 0.1) is 6.08 Å². The molecule has 0 nitrogen and oxygen atoms in total. The molecule has 0 aromatic rings. The van der Waals surface area contributed by atoms with Crippen molar-refractivity contribution in [2.75, 3.05) is 0 Å². The smallest absolute Gasteiger partial charge is 1.00 e. The van der Waals surface area contributed by atoms with Gasteiger partial charge in [-0.25, -0.2) is 11.6 Å². The molecule has 0 unspecified atom stereocenters. The first kappa shape index (κ1) is 18.5. The van der Waals surface area contributed by atoms with Gasteiger partial charge in [-0.3, -0.25) is 6.08 Å². The Morgan fingerprint density at radius 1 is 1.42 bits per heavy atom. The Morgan fingerprint density at radius 3 is 2.50 bits per heavy atom. The standard InChI is InChI=1S/C9H13.2ClH.Ti/c1-2-3-6-9-7-4-5-8-9;;;/h7-8H,2-4,6H2,1H3;2*1H;/q-1;;;+3/p-2. The molecule has 0 spiro atoms.